The summed E-state index contributed by atoms with van der Waals surface area (Å²) in [7, 11) is 0.897. The van der Waals surface area contributed by atoms with Gasteiger partial charge in [0.15, 0.2) is 0 Å². The van der Waals surface area contributed by atoms with Gasteiger partial charge in [-0.1, -0.05) is 0 Å². The van der Waals surface area contributed by atoms with Crippen molar-refractivity contribution in [3.63, 3.8) is 0 Å². The van der Waals surface area contributed by atoms with Crippen molar-refractivity contribution in [3.05, 3.63) is 28.8 Å². The molecule has 0 aromatic carbocycles. The molecule has 0 aliphatic rings. The minimum atomic E-state index is -5.09. The van der Waals surface area contributed by atoms with Crippen molar-refractivity contribution < 1.29 is 35.9 Å². The smallest absolute Gasteiger partial charge is 0.416 e. The first-order chi connectivity index (χ1) is 8.66. The Bertz CT molecular complexity index is 486. The fourth-order valence-corrected chi connectivity index (χ4v) is 1.31. The maximum atomic E-state index is 13.3. The monoisotopic (exact) mass is 287 g/mol. The van der Waals surface area contributed by atoms with Crippen LogP contribution >= 0.6 is 0 Å². The average molecular weight is 287 g/mol. The highest BCUT2D eigenvalue weighted by atomic mass is 19.4. The highest BCUT2D eigenvalue weighted by molar-refractivity contribution is 5.73. The van der Waals surface area contributed by atoms with Crippen molar-refractivity contribution in [2.24, 2.45) is 0 Å². The lowest BCUT2D eigenvalue weighted by molar-refractivity contribution is -0.141. The zero-order chi connectivity index (χ0) is 14.8. The van der Waals surface area contributed by atoms with Crippen molar-refractivity contribution >= 4 is 5.97 Å². The van der Waals surface area contributed by atoms with E-state index in [0.717, 1.165) is 7.11 Å². The number of alkyl halides is 5. The van der Waals surface area contributed by atoms with Crippen LogP contribution in [0.2, 0.25) is 0 Å². The van der Waals surface area contributed by atoms with E-state index in [0.29, 0.717) is 0 Å². The summed E-state index contributed by atoms with van der Waals surface area (Å²) in [5.74, 6) is -2.91. The molecule has 0 bridgehead atoms. The van der Waals surface area contributed by atoms with E-state index < -0.39 is 47.8 Å². The van der Waals surface area contributed by atoms with Crippen LogP contribution in [0.4, 0.5) is 26.3 Å². The quantitative estimate of drug-likeness (QED) is 0.487. The number of carbonyl (C=O) groups is 1. The summed E-state index contributed by atoms with van der Waals surface area (Å²) in [5, 5.41) is 0. The molecule has 1 rings (SSSR count). The Balaban J connectivity index is 3.39. The number of halogens is 6. The van der Waals surface area contributed by atoms with Gasteiger partial charge in [0.05, 0.1) is 19.1 Å². The van der Waals surface area contributed by atoms with E-state index in [1.54, 1.807) is 0 Å². The fourth-order valence-electron chi connectivity index (χ4n) is 1.31. The molecule has 0 fully saturated rings. The Morgan fingerprint density at radius 2 is 2.00 bits per heavy atom. The van der Waals surface area contributed by atoms with Crippen molar-refractivity contribution in [3.8, 4) is 0 Å². The number of methoxy groups -OCH3 is 1. The van der Waals surface area contributed by atoms with Crippen molar-refractivity contribution in [2.75, 3.05) is 7.11 Å². The maximum Gasteiger partial charge on any atom is 0.416 e. The Morgan fingerprint density at radius 1 is 1.42 bits per heavy atom. The van der Waals surface area contributed by atoms with Crippen molar-refractivity contribution in [1.82, 2.24) is 4.98 Å². The minimum Gasteiger partial charge on any atom is -0.469 e. The highest BCUT2D eigenvalue weighted by Gasteiger charge is 2.37. The first-order valence-electron chi connectivity index (χ1n) is 4.78. The summed E-state index contributed by atoms with van der Waals surface area (Å²) in [6, 6.07) is 0.0199. The molecule has 3 nitrogen and oxygen atoms in total. The number of ether oxygens (including phenoxy) is 1. The summed E-state index contributed by atoms with van der Waals surface area (Å²) in [5.41, 5.74) is -4.14. The number of esters is 1. The van der Waals surface area contributed by atoms with Crippen LogP contribution in [-0.4, -0.2) is 18.1 Å². The van der Waals surface area contributed by atoms with Crippen LogP contribution in [0.1, 0.15) is 23.2 Å². The van der Waals surface area contributed by atoms with Gasteiger partial charge in [-0.2, -0.15) is 17.6 Å². The number of hydrogen-bond acceptors (Lipinski definition) is 3. The van der Waals surface area contributed by atoms with E-state index in [1.807, 2.05) is 0 Å². The Kier molecular flexibility index (Phi) is 4.38. The number of rotatable bonds is 3. The van der Waals surface area contributed by atoms with Crippen LogP contribution in [0, 0.1) is 5.95 Å². The Morgan fingerprint density at radius 3 is 2.42 bits per heavy atom. The third kappa shape index (κ3) is 3.58. The van der Waals surface area contributed by atoms with E-state index in [9.17, 15) is 31.1 Å². The van der Waals surface area contributed by atoms with Crippen LogP contribution in [0.25, 0.3) is 0 Å². The fraction of sp³-hybridized carbons (Fsp3) is 0.400. The summed E-state index contributed by atoms with van der Waals surface area (Å²) >= 11 is 0. The number of carbonyl (C=O) groups excluding carboxylic acids is 1. The molecule has 19 heavy (non-hydrogen) atoms. The van der Waals surface area contributed by atoms with E-state index >= 15 is 0 Å². The second-order valence-corrected chi connectivity index (χ2v) is 3.42. The zero-order valence-electron chi connectivity index (χ0n) is 9.39. The van der Waals surface area contributed by atoms with E-state index in [-0.39, 0.29) is 6.07 Å². The van der Waals surface area contributed by atoms with Crippen molar-refractivity contribution in [1.29, 1.82) is 0 Å². The van der Waals surface area contributed by atoms with Gasteiger partial charge < -0.3 is 4.74 Å². The molecule has 0 radical (unpaired) electrons. The van der Waals surface area contributed by atoms with E-state index in [1.165, 1.54) is 0 Å². The van der Waals surface area contributed by atoms with Crippen LogP contribution in [0.5, 0.6) is 0 Å². The third-order valence-corrected chi connectivity index (χ3v) is 2.17. The molecule has 1 aromatic rings. The number of aromatic nitrogens is 1. The molecule has 0 spiro atoms. The number of nitrogens with zero attached hydrogens (tertiary/aromatic N) is 1. The van der Waals surface area contributed by atoms with Gasteiger partial charge in [-0.15, -0.1) is 0 Å². The topological polar surface area (TPSA) is 39.2 Å². The molecule has 0 unspecified atom stereocenters. The molecule has 0 saturated carbocycles. The minimum absolute atomic E-state index is 0.0199. The van der Waals surface area contributed by atoms with Gasteiger partial charge in [0, 0.05) is 5.56 Å². The largest absolute Gasteiger partial charge is 0.469 e. The number of hydrogen-bond donors (Lipinski definition) is 0. The molecule has 0 N–H and O–H groups in total. The summed E-state index contributed by atoms with van der Waals surface area (Å²) < 4.78 is 79.9. The molecular weight excluding hydrogens is 280 g/mol. The molecule has 0 amide bonds. The molecule has 9 heteroatoms. The normalized spacial score (nSPS) is 11.8. The lowest BCUT2D eigenvalue weighted by Crippen LogP contribution is -2.17. The first-order valence-corrected chi connectivity index (χ1v) is 4.78. The van der Waals surface area contributed by atoms with Crippen LogP contribution in [-0.2, 0) is 22.1 Å². The first kappa shape index (κ1) is 15.3. The molecule has 0 aliphatic carbocycles. The average Bonchev–Trinajstić information content (AvgIpc) is 2.29. The van der Waals surface area contributed by atoms with Gasteiger partial charge in [-0.3, -0.25) is 4.79 Å². The molecule has 0 atom stereocenters. The number of pyridine rings is 1. The summed E-state index contributed by atoms with van der Waals surface area (Å²) in [6.07, 6.45) is -9.49. The lowest BCUT2D eigenvalue weighted by Gasteiger charge is -2.14. The standard InChI is InChI=1S/C10H7F6NO2/c1-19-7(18)2-4-5(10(14,15)16)3-6(8(11)12)17-9(4)13/h3,8H,2H2,1H3. The predicted octanol–water partition coefficient (Wildman–Crippen LogP) is 2.89. The zero-order valence-corrected chi connectivity index (χ0v) is 9.39. The second kappa shape index (κ2) is 5.45. The lowest BCUT2D eigenvalue weighted by atomic mass is 10.1. The molecule has 1 heterocycles. The summed E-state index contributed by atoms with van der Waals surface area (Å²) in [4.78, 5) is 13.6. The van der Waals surface area contributed by atoms with E-state index in [2.05, 4.69) is 9.72 Å². The Labute approximate surface area is 103 Å². The molecule has 1 aromatic heterocycles. The van der Waals surface area contributed by atoms with Gasteiger partial charge >= 0.3 is 12.1 Å². The molecule has 106 valence electrons. The third-order valence-electron chi connectivity index (χ3n) is 2.17. The molecular formula is C10H7F6NO2. The summed E-state index contributed by atoms with van der Waals surface area (Å²) in [6.45, 7) is 0. The second-order valence-electron chi connectivity index (χ2n) is 3.42. The SMILES string of the molecule is COC(=O)Cc1c(C(F)(F)F)cc(C(F)F)nc1F. The van der Waals surface area contributed by atoms with Crippen LogP contribution < -0.4 is 0 Å². The van der Waals surface area contributed by atoms with Crippen molar-refractivity contribution in [2.45, 2.75) is 19.0 Å². The van der Waals surface area contributed by atoms with Gasteiger partial charge in [-0.05, 0) is 6.07 Å². The van der Waals surface area contributed by atoms with Gasteiger partial charge in [0.1, 0.15) is 5.69 Å². The van der Waals surface area contributed by atoms with Crippen LogP contribution in [0.15, 0.2) is 6.07 Å². The molecule has 0 aliphatic heterocycles. The highest BCUT2D eigenvalue weighted by Crippen LogP contribution is 2.35. The molecule has 0 saturated heterocycles. The van der Waals surface area contributed by atoms with Crippen LogP contribution in [0.3, 0.4) is 0 Å². The Hall–Kier alpha value is -1.80. The maximum absolute atomic E-state index is 13.3. The van der Waals surface area contributed by atoms with Gasteiger partial charge in [0.25, 0.3) is 6.43 Å². The van der Waals surface area contributed by atoms with Gasteiger partial charge in [-0.25, -0.2) is 13.8 Å². The van der Waals surface area contributed by atoms with E-state index in [4.69, 9.17) is 0 Å². The predicted molar refractivity (Wildman–Crippen MR) is 49.9 cm³/mol. The van der Waals surface area contributed by atoms with Gasteiger partial charge in [0.2, 0.25) is 5.95 Å².